The molecule has 0 radical (unpaired) electrons. The normalized spacial score (nSPS) is 12.0. The van der Waals surface area contributed by atoms with Gasteiger partial charge in [0.15, 0.2) is 5.69 Å². The van der Waals surface area contributed by atoms with Crippen LogP contribution >= 0.6 is 0 Å². The smallest absolute Gasteiger partial charge is 0.433 e. The molecular formula is C16H14F6N4O. The van der Waals surface area contributed by atoms with Gasteiger partial charge in [-0.05, 0) is 25.1 Å². The van der Waals surface area contributed by atoms with Gasteiger partial charge in [-0.2, -0.15) is 31.3 Å². The predicted molar refractivity (Wildman–Crippen MR) is 86.8 cm³/mol. The molecule has 3 N–H and O–H groups in total. The topological polar surface area (TPSA) is 73.1 Å². The molecule has 0 aliphatic rings. The van der Waals surface area contributed by atoms with E-state index in [1.807, 2.05) is 0 Å². The van der Waals surface area contributed by atoms with E-state index in [4.69, 9.17) is 10.5 Å². The molecule has 0 atom stereocenters. The number of hydrogen-bond donors (Lipinski definition) is 2. The van der Waals surface area contributed by atoms with Crippen LogP contribution < -0.4 is 15.8 Å². The Kier molecular flexibility index (Phi) is 5.25. The molecule has 0 spiro atoms. The molecule has 1 aromatic carbocycles. The number of nitrogens with zero attached hydrogens (tertiary/aromatic N) is 2. The molecule has 0 saturated heterocycles. The second-order valence-electron chi connectivity index (χ2n) is 5.42. The molecule has 5 nitrogen and oxygen atoms in total. The third-order valence-electron chi connectivity index (χ3n) is 3.55. The van der Waals surface area contributed by atoms with Gasteiger partial charge in [0.05, 0.1) is 12.7 Å². The third-order valence-corrected chi connectivity index (χ3v) is 3.55. The Hall–Kier alpha value is -2.98. The Bertz CT molecular complexity index is 876. The van der Waals surface area contributed by atoms with Crippen molar-refractivity contribution in [3.63, 3.8) is 0 Å². The van der Waals surface area contributed by atoms with Crippen molar-refractivity contribution < 1.29 is 31.1 Å². The predicted octanol–water partition coefficient (Wildman–Crippen LogP) is 4.50. The molecule has 1 aromatic heterocycles. The fourth-order valence-corrected chi connectivity index (χ4v) is 2.26. The molecule has 0 unspecified atom stereocenters. The Morgan fingerprint density at radius 3 is 2.26 bits per heavy atom. The van der Waals surface area contributed by atoms with Gasteiger partial charge in [0.1, 0.15) is 11.6 Å². The van der Waals surface area contributed by atoms with Gasteiger partial charge in [-0.1, -0.05) is 6.58 Å². The van der Waals surface area contributed by atoms with Crippen molar-refractivity contribution in [2.75, 3.05) is 18.2 Å². The van der Waals surface area contributed by atoms with E-state index in [1.54, 1.807) is 0 Å². The number of nitrogen functional groups attached to an aromatic ring is 1. The summed E-state index contributed by atoms with van der Waals surface area (Å²) in [6.07, 6.45) is -9.34. The van der Waals surface area contributed by atoms with Crippen LogP contribution in [0.4, 0.5) is 38.1 Å². The SMILES string of the molecule is C=C(Nc1nc(N)nc(C(F)(F)F)c1C)c1ccc(C(F)(F)F)cc1OC. The monoisotopic (exact) mass is 392 g/mol. The van der Waals surface area contributed by atoms with Crippen LogP contribution in [0.5, 0.6) is 5.75 Å². The second-order valence-corrected chi connectivity index (χ2v) is 5.42. The second kappa shape index (κ2) is 6.97. The molecule has 2 rings (SSSR count). The summed E-state index contributed by atoms with van der Waals surface area (Å²) in [5, 5.41) is 2.53. The lowest BCUT2D eigenvalue weighted by molar-refractivity contribution is -0.141. The summed E-state index contributed by atoms with van der Waals surface area (Å²) < 4.78 is 82.4. The summed E-state index contributed by atoms with van der Waals surface area (Å²) in [4.78, 5) is 6.88. The van der Waals surface area contributed by atoms with Gasteiger partial charge in [0.25, 0.3) is 0 Å². The minimum absolute atomic E-state index is 0.0325. The minimum atomic E-state index is -4.76. The molecule has 0 aliphatic heterocycles. The van der Waals surface area contributed by atoms with E-state index in [0.717, 1.165) is 32.2 Å². The average molecular weight is 392 g/mol. The molecule has 0 bridgehead atoms. The zero-order valence-electron chi connectivity index (χ0n) is 14.1. The van der Waals surface area contributed by atoms with Crippen LogP contribution in [0.1, 0.15) is 22.4 Å². The van der Waals surface area contributed by atoms with Crippen molar-refractivity contribution in [3.05, 3.63) is 47.2 Å². The molecule has 11 heteroatoms. The number of benzene rings is 1. The third kappa shape index (κ3) is 4.41. The van der Waals surface area contributed by atoms with Gasteiger partial charge in [-0.15, -0.1) is 0 Å². The van der Waals surface area contributed by atoms with E-state index < -0.39 is 29.6 Å². The van der Waals surface area contributed by atoms with Crippen LogP contribution in [-0.2, 0) is 12.4 Å². The number of ether oxygens (including phenoxy) is 1. The van der Waals surface area contributed by atoms with Crippen molar-refractivity contribution in [3.8, 4) is 5.75 Å². The molecule has 146 valence electrons. The number of methoxy groups -OCH3 is 1. The van der Waals surface area contributed by atoms with Crippen LogP contribution in [0, 0.1) is 6.92 Å². The number of alkyl halides is 6. The van der Waals surface area contributed by atoms with Crippen LogP contribution in [0.2, 0.25) is 0 Å². The Labute approximate surface area is 149 Å². The summed E-state index contributed by atoms with van der Waals surface area (Å²) in [6, 6.07) is 2.64. The van der Waals surface area contributed by atoms with E-state index >= 15 is 0 Å². The largest absolute Gasteiger partial charge is 0.496 e. The summed E-state index contributed by atoms with van der Waals surface area (Å²) >= 11 is 0. The van der Waals surface area contributed by atoms with Crippen LogP contribution in [0.25, 0.3) is 5.70 Å². The lowest BCUT2D eigenvalue weighted by Crippen LogP contribution is -2.16. The maximum atomic E-state index is 13.0. The van der Waals surface area contributed by atoms with Crippen LogP contribution in [0.3, 0.4) is 0 Å². The Morgan fingerprint density at radius 2 is 1.74 bits per heavy atom. The Balaban J connectivity index is 2.43. The number of anilines is 2. The van der Waals surface area contributed by atoms with Crippen molar-refractivity contribution in [2.24, 2.45) is 0 Å². The van der Waals surface area contributed by atoms with E-state index in [0.29, 0.717) is 0 Å². The average Bonchev–Trinajstić information content (AvgIpc) is 2.55. The first-order valence-electron chi connectivity index (χ1n) is 7.27. The molecular weight excluding hydrogens is 378 g/mol. The molecule has 2 aromatic rings. The number of hydrogen-bond acceptors (Lipinski definition) is 5. The number of nitrogens with two attached hydrogens (primary N) is 1. The van der Waals surface area contributed by atoms with Crippen LogP contribution in [0.15, 0.2) is 24.8 Å². The quantitative estimate of drug-likeness (QED) is 0.750. The van der Waals surface area contributed by atoms with E-state index in [1.165, 1.54) is 0 Å². The van der Waals surface area contributed by atoms with Crippen molar-refractivity contribution in [1.82, 2.24) is 9.97 Å². The molecule has 0 aliphatic carbocycles. The lowest BCUT2D eigenvalue weighted by Gasteiger charge is -2.18. The van der Waals surface area contributed by atoms with E-state index in [9.17, 15) is 26.3 Å². The summed E-state index contributed by atoms with van der Waals surface area (Å²) in [6.45, 7) is 4.76. The molecule has 0 fully saturated rings. The maximum absolute atomic E-state index is 13.0. The first-order valence-corrected chi connectivity index (χ1v) is 7.27. The number of rotatable bonds is 4. The van der Waals surface area contributed by atoms with Gasteiger partial charge < -0.3 is 15.8 Å². The van der Waals surface area contributed by atoms with Gasteiger partial charge in [0, 0.05) is 16.8 Å². The highest BCUT2D eigenvalue weighted by molar-refractivity contribution is 5.78. The standard InChI is InChI=1S/C16H14F6N4O/c1-7-12(16(20,21)22)25-14(23)26-13(7)24-8(2)10-5-4-9(15(17,18)19)6-11(10)27-3/h4-6H,2H2,1,3H3,(H3,23,24,25,26). The zero-order valence-corrected chi connectivity index (χ0v) is 14.1. The number of halogens is 6. The van der Waals surface area contributed by atoms with E-state index in [2.05, 4.69) is 21.9 Å². The summed E-state index contributed by atoms with van der Waals surface area (Å²) in [5.41, 5.74) is 2.87. The van der Waals surface area contributed by atoms with Crippen molar-refractivity contribution in [2.45, 2.75) is 19.3 Å². The van der Waals surface area contributed by atoms with Crippen molar-refractivity contribution in [1.29, 1.82) is 0 Å². The van der Waals surface area contributed by atoms with Crippen LogP contribution in [-0.4, -0.2) is 17.1 Å². The van der Waals surface area contributed by atoms with Crippen molar-refractivity contribution >= 4 is 17.5 Å². The van der Waals surface area contributed by atoms with Gasteiger partial charge in [-0.3, -0.25) is 0 Å². The fourth-order valence-electron chi connectivity index (χ4n) is 2.26. The van der Waals surface area contributed by atoms with Gasteiger partial charge in [0.2, 0.25) is 5.95 Å². The fraction of sp³-hybridized carbons (Fsp3) is 0.250. The summed E-state index contributed by atoms with van der Waals surface area (Å²) in [5.74, 6) is -1.07. The highest BCUT2D eigenvalue weighted by atomic mass is 19.4. The number of aromatic nitrogens is 2. The first-order chi connectivity index (χ1) is 12.3. The number of nitrogens with one attached hydrogen (secondary N) is 1. The molecule has 0 saturated carbocycles. The first kappa shape index (κ1) is 20.3. The Morgan fingerprint density at radius 1 is 1.11 bits per heavy atom. The lowest BCUT2D eigenvalue weighted by atomic mass is 10.1. The highest BCUT2D eigenvalue weighted by Gasteiger charge is 2.36. The molecule has 1 heterocycles. The summed E-state index contributed by atoms with van der Waals surface area (Å²) in [7, 11) is 1.15. The molecule has 27 heavy (non-hydrogen) atoms. The molecule has 0 amide bonds. The van der Waals surface area contributed by atoms with Gasteiger partial charge in [-0.25, -0.2) is 4.98 Å². The minimum Gasteiger partial charge on any atom is -0.496 e. The zero-order chi connectivity index (χ0) is 20.6. The maximum Gasteiger partial charge on any atom is 0.433 e. The van der Waals surface area contributed by atoms with Gasteiger partial charge >= 0.3 is 12.4 Å². The van der Waals surface area contributed by atoms with E-state index in [-0.39, 0.29) is 28.4 Å². The highest BCUT2D eigenvalue weighted by Crippen LogP contribution is 2.37.